The summed E-state index contributed by atoms with van der Waals surface area (Å²) in [6.07, 6.45) is 5.86. The summed E-state index contributed by atoms with van der Waals surface area (Å²) in [6, 6.07) is -0.844. The number of carbonyl (C=O) groups excluding carboxylic acids is 2. The van der Waals surface area contributed by atoms with Gasteiger partial charge in [-0.25, -0.2) is 0 Å². The van der Waals surface area contributed by atoms with E-state index in [4.69, 9.17) is 5.11 Å². The third-order valence-electron chi connectivity index (χ3n) is 4.53. The third-order valence-corrected chi connectivity index (χ3v) is 4.53. The highest BCUT2D eigenvalue weighted by Gasteiger charge is 2.41. The normalized spacial score (nSPS) is 22.4. The molecule has 22 heavy (non-hydrogen) atoms. The molecule has 1 aliphatic heterocycles. The first kappa shape index (κ1) is 16.5. The van der Waals surface area contributed by atoms with Crippen LogP contribution in [0.2, 0.25) is 0 Å². The van der Waals surface area contributed by atoms with Crippen molar-refractivity contribution in [1.29, 1.82) is 0 Å². The third kappa shape index (κ3) is 3.67. The van der Waals surface area contributed by atoms with E-state index < -0.39 is 12.0 Å². The van der Waals surface area contributed by atoms with E-state index in [9.17, 15) is 14.4 Å². The van der Waals surface area contributed by atoms with Crippen molar-refractivity contribution in [3.8, 4) is 0 Å². The maximum absolute atomic E-state index is 12.5. The zero-order chi connectivity index (χ0) is 16.1. The molecule has 6 heteroatoms. The van der Waals surface area contributed by atoms with E-state index >= 15 is 0 Å². The molecule has 1 atom stereocenters. The number of carbonyl (C=O) groups is 3. The molecule has 2 rings (SSSR count). The zero-order valence-corrected chi connectivity index (χ0v) is 12.9. The van der Waals surface area contributed by atoms with E-state index in [1.165, 1.54) is 4.90 Å². The van der Waals surface area contributed by atoms with Gasteiger partial charge in [-0.2, -0.15) is 0 Å². The first-order valence-electron chi connectivity index (χ1n) is 7.96. The summed E-state index contributed by atoms with van der Waals surface area (Å²) < 4.78 is 0. The van der Waals surface area contributed by atoms with Crippen molar-refractivity contribution >= 4 is 17.8 Å². The summed E-state index contributed by atoms with van der Waals surface area (Å²) in [6.45, 7) is 5.17. The lowest BCUT2D eigenvalue weighted by atomic mass is 9.83. The van der Waals surface area contributed by atoms with Crippen molar-refractivity contribution in [3.05, 3.63) is 12.7 Å². The van der Waals surface area contributed by atoms with Gasteiger partial charge < -0.3 is 14.9 Å². The van der Waals surface area contributed by atoms with Crippen molar-refractivity contribution in [3.63, 3.8) is 0 Å². The van der Waals surface area contributed by atoms with Gasteiger partial charge in [0.15, 0.2) is 0 Å². The lowest BCUT2D eigenvalue weighted by Gasteiger charge is -2.42. The van der Waals surface area contributed by atoms with Gasteiger partial charge in [-0.3, -0.25) is 14.4 Å². The number of aliphatic carboxylic acids is 1. The highest BCUT2D eigenvalue weighted by molar-refractivity contribution is 5.92. The number of carboxylic acids is 1. The first-order valence-corrected chi connectivity index (χ1v) is 7.96. The summed E-state index contributed by atoms with van der Waals surface area (Å²) in [5, 5.41) is 9.07. The van der Waals surface area contributed by atoms with Crippen molar-refractivity contribution < 1.29 is 19.5 Å². The molecule has 2 amide bonds. The number of carboxylic acid groups (broad SMARTS) is 1. The van der Waals surface area contributed by atoms with Gasteiger partial charge >= 0.3 is 5.97 Å². The van der Waals surface area contributed by atoms with Crippen LogP contribution >= 0.6 is 0 Å². The minimum Gasteiger partial charge on any atom is -0.481 e. The van der Waals surface area contributed by atoms with Gasteiger partial charge in [0.05, 0.1) is 6.42 Å². The van der Waals surface area contributed by atoms with Crippen LogP contribution in [0.4, 0.5) is 0 Å². The Bertz CT molecular complexity index is 459. The zero-order valence-electron chi connectivity index (χ0n) is 12.9. The van der Waals surface area contributed by atoms with Crippen LogP contribution in [-0.4, -0.2) is 58.4 Å². The summed E-state index contributed by atoms with van der Waals surface area (Å²) >= 11 is 0. The smallest absolute Gasteiger partial charge is 0.305 e. The largest absolute Gasteiger partial charge is 0.481 e. The van der Waals surface area contributed by atoms with E-state index in [2.05, 4.69) is 6.58 Å². The second kappa shape index (κ2) is 7.42. The molecule has 1 aliphatic carbocycles. The monoisotopic (exact) mass is 308 g/mol. The SMILES string of the molecule is C=CCCCN1CCN(C(=O)C2CCC2)C(CC(=O)O)C1=O. The molecule has 2 fully saturated rings. The molecule has 1 saturated heterocycles. The van der Waals surface area contributed by atoms with Crippen molar-refractivity contribution in [2.24, 2.45) is 5.92 Å². The molecule has 122 valence electrons. The molecule has 0 bridgehead atoms. The fraction of sp³-hybridized carbons (Fsp3) is 0.688. The Balaban J connectivity index is 2.04. The molecule has 2 aliphatic rings. The second-order valence-electron chi connectivity index (χ2n) is 6.03. The molecule has 1 heterocycles. The number of hydrogen-bond donors (Lipinski definition) is 1. The van der Waals surface area contributed by atoms with E-state index in [-0.39, 0.29) is 24.2 Å². The fourth-order valence-electron chi connectivity index (χ4n) is 3.00. The average Bonchev–Trinajstić information content (AvgIpc) is 2.40. The van der Waals surface area contributed by atoms with Crippen molar-refractivity contribution in [2.45, 2.75) is 44.6 Å². The average molecular weight is 308 g/mol. The molecule has 6 nitrogen and oxygen atoms in total. The molecular weight excluding hydrogens is 284 g/mol. The van der Waals surface area contributed by atoms with Gasteiger partial charge in [-0.15, -0.1) is 6.58 Å². The van der Waals surface area contributed by atoms with Crippen LogP contribution in [0.25, 0.3) is 0 Å². The minimum atomic E-state index is -1.04. The Morgan fingerprint density at radius 1 is 1.32 bits per heavy atom. The number of amides is 2. The predicted octanol–water partition coefficient (Wildman–Crippen LogP) is 1.27. The van der Waals surface area contributed by atoms with Gasteiger partial charge in [-0.1, -0.05) is 12.5 Å². The molecule has 1 saturated carbocycles. The maximum Gasteiger partial charge on any atom is 0.305 e. The van der Waals surface area contributed by atoms with Gasteiger partial charge in [0.2, 0.25) is 11.8 Å². The Morgan fingerprint density at radius 3 is 2.59 bits per heavy atom. The topological polar surface area (TPSA) is 77.9 Å². The van der Waals surface area contributed by atoms with Crippen molar-refractivity contribution in [1.82, 2.24) is 9.80 Å². The number of allylic oxidation sites excluding steroid dienone is 1. The van der Waals surface area contributed by atoms with Crippen LogP contribution in [0.1, 0.15) is 38.5 Å². The maximum atomic E-state index is 12.5. The van der Waals surface area contributed by atoms with Crippen LogP contribution in [0.3, 0.4) is 0 Å². The molecule has 0 aromatic rings. The second-order valence-corrected chi connectivity index (χ2v) is 6.03. The molecule has 1 N–H and O–H groups in total. The van der Waals surface area contributed by atoms with E-state index in [1.807, 2.05) is 0 Å². The lowest BCUT2D eigenvalue weighted by molar-refractivity contribution is -0.158. The number of nitrogens with zero attached hydrogens (tertiary/aromatic N) is 2. The Morgan fingerprint density at radius 2 is 2.05 bits per heavy atom. The summed E-state index contributed by atoms with van der Waals surface area (Å²) in [4.78, 5) is 39.2. The van der Waals surface area contributed by atoms with Crippen LogP contribution in [0.15, 0.2) is 12.7 Å². The van der Waals surface area contributed by atoms with Crippen LogP contribution in [0, 0.1) is 5.92 Å². The molecule has 0 spiro atoms. The highest BCUT2D eigenvalue weighted by atomic mass is 16.4. The molecule has 0 aromatic carbocycles. The lowest BCUT2D eigenvalue weighted by Crippen LogP contribution is -2.60. The first-order chi connectivity index (χ1) is 10.5. The predicted molar refractivity (Wildman–Crippen MR) is 81.1 cm³/mol. The van der Waals surface area contributed by atoms with E-state index in [1.54, 1.807) is 11.0 Å². The Hall–Kier alpha value is -1.85. The highest BCUT2D eigenvalue weighted by Crippen LogP contribution is 2.30. The Kier molecular flexibility index (Phi) is 5.57. The van der Waals surface area contributed by atoms with Crippen LogP contribution in [0.5, 0.6) is 0 Å². The van der Waals surface area contributed by atoms with Gasteiger partial charge in [0, 0.05) is 25.6 Å². The van der Waals surface area contributed by atoms with Gasteiger partial charge in [-0.05, 0) is 25.7 Å². The summed E-state index contributed by atoms with van der Waals surface area (Å²) in [5.74, 6) is -1.34. The van der Waals surface area contributed by atoms with Gasteiger partial charge in [0.1, 0.15) is 6.04 Å². The molecule has 1 unspecified atom stereocenters. The summed E-state index contributed by atoms with van der Waals surface area (Å²) in [7, 11) is 0. The van der Waals surface area contributed by atoms with E-state index in [0.29, 0.717) is 19.6 Å². The Labute approximate surface area is 130 Å². The molecular formula is C16H24N2O4. The quantitative estimate of drug-likeness (QED) is 0.567. The number of unbranched alkanes of at least 4 members (excludes halogenated alkanes) is 1. The minimum absolute atomic E-state index is 0.0172. The molecule has 0 aromatic heterocycles. The number of rotatable bonds is 7. The van der Waals surface area contributed by atoms with E-state index in [0.717, 1.165) is 32.1 Å². The number of hydrogen-bond acceptors (Lipinski definition) is 3. The van der Waals surface area contributed by atoms with Crippen LogP contribution in [-0.2, 0) is 14.4 Å². The van der Waals surface area contributed by atoms with Crippen molar-refractivity contribution in [2.75, 3.05) is 19.6 Å². The standard InChI is InChI=1S/C16H24N2O4/c1-2-3-4-8-17-9-10-18(15(21)12-6-5-7-12)13(16(17)22)11-14(19)20/h2,12-13H,1,3-11H2,(H,19,20). The van der Waals surface area contributed by atoms with Crippen LogP contribution < -0.4 is 0 Å². The fourth-order valence-corrected chi connectivity index (χ4v) is 3.00. The number of piperazine rings is 1. The van der Waals surface area contributed by atoms with Gasteiger partial charge in [0.25, 0.3) is 0 Å². The molecule has 0 radical (unpaired) electrons. The summed E-state index contributed by atoms with van der Waals surface area (Å²) in [5.41, 5.74) is 0.